The van der Waals surface area contributed by atoms with Gasteiger partial charge in [0.2, 0.25) is 0 Å². The lowest BCUT2D eigenvalue weighted by atomic mass is 10.1. The topological polar surface area (TPSA) is 47.0 Å². The Morgan fingerprint density at radius 1 is 1.20 bits per heavy atom. The van der Waals surface area contributed by atoms with E-state index in [1.165, 1.54) is 16.7 Å². The first-order chi connectivity index (χ1) is 9.70. The van der Waals surface area contributed by atoms with Crippen LogP contribution in [0, 0.1) is 13.8 Å². The third-order valence-electron chi connectivity index (χ3n) is 3.08. The lowest BCUT2D eigenvalue weighted by molar-refractivity contribution is 0.199. The van der Waals surface area contributed by atoms with Gasteiger partial charge >= 0.3 is 0 Å². The fraction of sp³-hybridized carbons (Fsp3) is 0.467. The molecule has 0 atom stereocenters. The Balaban J connectivity index is 1.95. The number of hydrogen-bond donors (Lipinski definition) is 1. The molecule has 1 aromatic carbocycles. The van der Waals surface area contributed by atoms with Gasteiger partial charge in [-0.05, 0) is 19.4 Å². The Morgan fingerprint density at radius 2 is 2.05 bits per heavy atom. The summed E-state index contributed by atoms with van der Waals surface area (Å²) in [5, 5.41) is 14.0. The van der Waals surface area contributed by atoms with Gasteiger partial charge in [-0.25, -0.2) is 0 Å². The van der Waals surface area contributed by atoms with E-state index in [4.69, 9.17) is 4.74 Å². The molecular formula is C15H21N3OS. The first-order valence-corrected chi connectivity index (χ1v) is 7.62. The summed E-state index contributed by atoms with van der Waals surface area (Å²) in [6, 6.07) is 6.43. The van der Waals surface area contributed by atoms with Crippen LogP contribution in [0.25, 0.3) is 10.6 Å². The minimum absolute atomic E-state index is 0.740. The van der Waals surface area contributed by atoms with Crippen molar-refractivity contribution < 1.29 is 4.74 Å². The molecule has 2 aromatic rings. The fourth-order valence-corrected chi connectivity index (χ4v) is 2.94. The maximum atomic E-state index is 4.99. The van der Waals surface area contributed by atoms with E-state index in [0.29, 0.717) is 0 Å². The zero-order chi connectivity index (χ0) is 14.4. The van der Waals surface area contributed by atoms with E-state index in [0.717, 1.165) is 36.1 Å². The molecule has 2 rings (SSSR count). The number of nitrogens with one attached hydrogen (secondary N) is 1. The minimum atomic E-state index is 0.740. The van der Waals surface area contributed by atoms with Gasteiger partial charge in [0.25, 0.3) is 0 Å². The molecule has 0 bridgehead atoms. The van der Waals surface area contributed by atoms with E-state index in [1.54, 1.807) is 18.4 Å². The molecule has 1 N–H and O–H groups in total. The number of rotatable bonds is 7. The molecule has 1 aromatic heterocycles. The van der Waals surface area contributed by atoms with Crippen molar-refractivity contribution in [3.8, 4) is 10.6 Å². The van der Waals surface area contributed by atoms with E-state index in [2.05, 4.69) is 47.6 Å². The van der Waals surface area contributed by atoms with Crippen LogP contribution in [0.4, 0.5) is 0 Å². The summed E-state index contributed by atoms with van der Waals surface area (Å²) in [6.45, 7) is 6.75. The van der Waals surface area contributed by atoms with Gasteiger partial charge in [0.15, 0.2) is 0 Å². The predicted molar refractivity (Wildman–Crippen MR) is 83.3 cm³/mol. The Bertz CT molecular complexity index is 554. The SMILES string of the molecule is COCCNCCc1nnc(-c2ccc(C)cc2C)s1. The van der Waals surface area contributed by atoms with Crippen LogP contribution in [-0.2, 0) is 11.2 Å². The Hall–Kier alpha value is -1.30. The molecule has 20 heavy (non-hydrogen) atoms. The molecule has 0 spiro atoms. The number of benzene rings is 1. The zero-order valence-corrected chi connectivity index (χ0v) is 13.1. The smallest absolute Gasteiger partial charge is 0.148 e. The number of hydrogen-bond acceptors (Lipinski definition) is 5. The summed E-state index contributed by atoms with van der Waals surface area (Å²) in [5.41, 5.74) is 3.72. The largest absolute Gasteiger partial charge is 0.383 e. The second-order valence-corrected chi connectivity index (χ2v) is 5.87. The molecule has 0 saturated carbocycles. The van der Waals surface area contributed by atoms with Gasteiger partial charge < -0.3 is 10.1 Å². The van der Waals surface area contributed by atoms with E-state index in [9.17, 15) is 0 Å². The van der Waals surface area contributed by atoms with Crippen LogP contribution in [0.15, 0.2) is 18.2 Å². The van der Waals surface area contributed by atoms with Crippen LogP contribution in [0.2, 0.25) is 0 Å². The average Bonchev–Trinajstić information content (AvgIpc) is 2.87. The molecule has 0 aliphatic heterocycles. The van der Waals surface area contributed by atoms with E-state index >= 15 is 0 Å². The van der Waals surface area contributed by atoms with Crippen molar-refractivity contribution in [2.24, 2.45) is 0 Å². The first kappa shape index (κ1) is 15.1. The van der Waals surface area contributed by atoms with Crippen LogP contribution in [0.3, 0.4) is 0 Å². The molecule has 0 radical (unpaired) electrons. The number of methoxy groups -OCH3 is 1. The van der Waals surface area contributed by atoms with E-state index in [1.807, 2.05) is 0 Å². The minimum Gasteiger partial charge on any atom is -0.383 e. The van der Waals surface area contributed by atoms with Crippen LogP contribution in [-0.4, -0.2) is 37.0 Å². The van der Waals surface area contributed by atoms with Gasteiger partial charge in [-0.1, -0.05) is 35.1 Å². The molecule has 0 aliphatic carbocycles. The van der Waals surface area contributed by atoms with Crippen molar-refractivity contribution in [2.75, 3.05) is 26.8 Å². The standard InChI is InChI=1S/C15H21N3OS/c1-11-4-5-13(12(2)10-11)15-18-17-14(20-15)6-7-16-8-9-19-3/h4-5,10,16H,6-9H2,1-3H3. The van der Waals surface area contributed by atoms with Crippen molar-refractivity contribution in [1.82, 2.24) is 15.5 Å². The highest BCUT2D eigenvalue weighted by atomic mass is 32.1. The van der Waals surface area contributed by atoms with Gasteiger partial charge in [0.1, 0.15) is 10.0 Å². The second kappa shape index (κ2) is 7.47. The van der Waals surface area contributed by atoms with Crippen LogP contribution < -0.4 is 5.32 Å². The Labute approximate surface area is 124 Å². The normalized spacial score (nSPS) is 10.9. The van der Waals surface area contributed by atoms with Crippen molar-refractivity contribution in [3.05, 3.63) is 34.3 Å². The quantitative estimate of drug-likeness (QED) is 0.797. The van der Waals surface area contributed by atoms with Crippen molar-refractivity contribution in [3.63, 3.8) is 0 Å². The summed E-state index contributed by atoms with van der Waals surface area (Å²) in [4.78, 5) is 0. The summed E-state index contributed by atoms with van der Waals surface area (Å²) < 4.78 is 4.99. The lowest BCUT2D eigenvalue weighted by Crippen LogP contribution is -2.21. The van der Waals surface area contributed by atoms with Crippen LogP contribution >= 0.6 is 11.3 Å². The number of nitrogens with zero attached hydrogens (tertiary/aromatic N) is 2. The molecule has 1 heterocycles. The highest BCUT2D eigenvalue weighted by Gasteiger charge is 2.08. The number of aromatic nitrogens is 2. The molecular weight excluding hydrogens is 270 g/mol. The Kier molecular flexibility index (Phi) is 5.64. The van der Waals surface area contributed by atoms with Gasteiger partial charge in [0.05, 0.1) is 6.61 Å². The highest BCUT2D eigenvalue weighted by molar-refractivity contribution is 7.14. The molecule has 0 amide bonds. The van der Waals surface area contributed by atoms with Crippen LogP contribution in [0.1, 0.15) is 16.1 Å². The average molecular weight is 291 g/mol. The molecule has 0 unspecified atom stereocenters. The fourth-order valence-electron chi connectivity index (χ4n) is 2.01. The second-order valence-electron chi connectivity index (χ2n) is 4.81. The number of ether oxygens (including phenoxy) is 1. The van der Waals surface area contributed by atoms with Crippen molar-refractivity contribution in [1.29, 1.82) is 0 Å². The van der Waals surface area contributed by atoms with Crippen LogP contribution in [0.5, 0.6) is 0 Å². The predicted octanol–water partition coefficient (Wildman–Crippen LogP) is 2.60. The third-order valence-corrected chi connectivity index (χ3v) is 4.09. The summed E-state index contributed by atoms with van der Waals surface area (Å²) in [5.74, 6) is 0. The van der Waals surface area contributed by atoms with Gasteiger partial charge in [0, 0.05) is 32.2 Å². The Morgan fingerprint density at radius 3 is 2.80 bits per heavy atom. The molecule has 5 heteroatoms. The molecule has 4 nitrogen and oxygen atoms in total. The lowest BCUT2D eigenvalue weighted by Gasteiger charge is -2.02. The summed E-state index contributed by atoms with van der Waals surface area (Å²) in [6.07, 6.45) is 0.909. The van der Waals surface area contributed by atoms with Gasteiger partial charge in [-0.3, -0.25) is 0 Å². The van der Waals surface area contributed by atoms with E-state index < -0.39 is 0 Å². The summed E-state index contributed by atoms with van der Waals surface area (Å²) >= 11 is 1.68. The van der Waals surface area contributed by atoms with Gasteiger partial charge in [-0.2, -0.15) is 0 Å². The maximum Gasteiger partial charge on any atom is 0.148 e. The number of aryl methyl sites for hydroxylation is 2. The van der Waals surface area contributed by atoms with Crippen molar-refractivity contribution >= 4 is 11.3 Å². The van der Waals surface area contributed by atoms with Crippen molar-refractivity contribution in [2.45, 2.75) is 20.3 Å². The third kappa shape index (κ3) is 4.10. The van der Waals surface area contributed by atoms with Gasteiger partial charge in [-0.15, -0.1) is 10.2 Å². The zero-order valence-electron chi connectivity index (χ0n) is 12.3. The molecule has 0 fully saturated rings. The monoisotopic (exact) mass is 291 g/mol. The summed E-state index contributed by atoms with van der Waals surface area (Å²) in [7, 11) is 1.71. The molecule has 0 saturated heterocycles. The highest BCUT2D eigenvalue weighted by Crippen LogP contribution is 2.27. The first-order valence-electron chi connectivity index (χ1n) is 6.80. The maximum absolute atomic E-state index is 4.99. The molecule has 108 valence electrons. The molecule has 0 aliphatic rings. The van der Waals surface area contributed by atoms with E-state index in [-0.39, 0.29) is 0 Å².